The zero-order valence-corrected chi connectivity index (χ0v) is 21.8. The Hall–Kier alpha value is -4.00. The fourth-order valence-corrected chi connectivity index (χ4v) is 4.17. The van der Waals surface area contributed by atoms with Crippen molar-refractivity contribution in [1.82, 2.24) is 15.0 Å². The second-order valence-corrected chi connectivity index (χ2v) is 10.2. The van der Waals surface area contributed by atoms with Crippen molar-refractivity contribution in [2.24, 2.45) is 0 Å². The number of hydrogen-bond acceptors (Lipinski definition) is 8. The third-order valence-electron chi connectivity index (χ3n) is 6.90. The Bertz CT molecular complexity index is 1490. The molecule has 1 N–H and O–H groups in total. The molecule has 37 heavy (non-hydrogen) atoms. The van der Waals surface area contributed by atoms with Crippen molar-refractivity contribution in [1.29, 1.82) is 5.26 Å². The van der Waals surface area contributed by atoms with Crippen molar-refractivity contribution in [3.63, 3.8) is 0 Å². The van der Waals surface area contributed by atoms with Gasteiger partial charge in [0.05, 0.1) is 28.4 Å². The molecule has 2 aromatic carbocycles. The molecule has 0 radical (unpaired) electrons. The molecule has 9 heteroatoms. The van der Waals surface area contributed by atoms with Gasteiger partial charge in [0.2, 0.25) is 5.95 Å². The van der Waals surface area contributed by atoms with Gasteiger partial charge in [0.25, 0.3) is 5.88 Å². The van der Waals surface area contributed by atoms with Gasteiger partial charge in [0.1, 0.15) is 5.75 Å². The van der Waals surface area contributed by atoms with E-state index in [1.165, 1.54) is 0 Å². The van der Waals surface area contributed by atoms with Gasteiger partial charge < -0.3 is 19.4 Å². The van der Waals surface area contributed by atoms with E-state index < -0.39 is 18.3 Å². The Labute approximate surface area is 216 Å². The zero-order chi connectivity index (χ0) is 26.4. The third kappa shape index (κ3) is 4.74. The number of anilines is 2. The predicted octanol–water partition coefficient (Wildman–Crippen LogP) is 5.35. The summed E-state index contributed by atoms with van der Waals surface area (Å²) in [6, 6.07) is 17.2. The van der Waals surface area contributed by atoms with Gasteiger partial charge in [-0.2, -0.15) is 10.2 Å². The van der Waals surface area contributed by atoms with Gasteiger partial charge in [-0.3, -0.25) is 0 Å². The molecule has 5 rings (SSSR count). The van der Waals surface area contributed by atoms with Crippen LogP contribution in [0, 0.1) is 25.2 Å². The zero-order valence-electron chi connectivity index (χ0n) is 21.8. The molecule has 3 heterocycles. The second kappa shape index (κ2) is 9.14. The minimum absolute atomic E-state index is 0.331. The van der Waals surface area contributed by atoms with Crippen molar-refractivity contribution >= 4 is 35.3 Å². The normalized spacial score (nSPS) is 16.0. The Morgan fingerprint density at radius 1 is 0.946 bits per heavy atom. The maximum atomic E-state index is 9.27. The summed E-state index contributed by atoms with van der Waals surface area (Å²) in [4.78, 5) is 13.7. The van der Waals surface area contributed by atoms with Gasteiger partial charge in [0, 0.05) is 11.9 Å². The van der Waals surface area contributed by atoms with Gasteiger partial charge in [-0.25, -0.2) is 9.97 Å². The summed E-state index contributed by atoms with van der Waals surface area (Å²) in [6.07, 6.45) is 1.68. The molecular weight excluding hydrogens is 465 g/mol. The van der Waals surface area contributed by atoms with Crippen LogP contribution in [-0.2, 0) is 9.31 Å². The predicted molar refractivity (Wildman–Crippen MR) is 143 cm³/mol. The number of fused-ring (bicyclic) bond motifs is 1. The number of nitrogens with zero attached hydrogens (tertiary/aromatic N) is 4. The summed E-state index contributed by atoms with van der Waals surface area (Å²) < 4.78 is 18.6. The number of pyridine rings is 1. The summed E-state index contributed by atoms with van der Waals surface area (Å²) in [5.41, 5.74) is 4.40. The molecule has 2 aromatic heterocycles. The minimum atomic E-state index is -0.430. The molecule has 186 valence electrons. The van der Waals surface area contributed by atoms with Crippen LogP contribution in [0.25, 0.3) is 11.0 Å². The van der Waals surface area contributed by atoms with Gasteiger partial charge >= 0.3 is 7.12 Å². The van der Waals surface area contributed by atoms with E-state index in [-0.39, 0.29) is 0 Å². The lowest BCUT2D eigenvalue weighted by atomic mass is 9.79. The Kier molecular flexibility index (Phi) is 6.10. The first-order chi connectivity index (χ1) is 17.6. The van der Waals surface area contributed by atoms with Crippen LogP contribution < -0.4 is 15.5 Å². The molecule has 0 spiro atoms. The smallest absolute Gasteiger partial charge is 0.436 e. The first-order valence-corrected chi connectivity index (χ1v) is 12.1. The SMILES string of the molecule is Cc1cc(C#N)cc(C)c1Oc1nc(Nc2ccc(B3OC(C)(C)C(C)(C)O3)cc2)nc2cccnc12. The molecule has 0 unspecified atom stereocenters. The highest BCUT2D eigenvalue weighted by Crippen LogP contribution is 2.37. The van der Waals surface area contributed by atoms with Crippen molar-refractivity contribution in [2.45, 2.75) is 52.7 Å². The molecule has 1 aliphatic heterocycles. The largest absolute Gasteiger partial charge is 0.494 e. The standard InChI is InChI=1S/C28H28BN5O3/c1-17-14-19(16-30)15-18(2)24(17)35-25-23-22(8-7-13-31-23)33-26(34-25)32-21-11-9-20(10-12-21)29-36-27(3,4)28(5,6)37-29/h7-15H,1-6H3,(H,32,33,34). The van der Waals surface area contributed by atoms with Crippen LogP contribution in [0.2, 0.25) is 0 Å². The number of rotatable bonds is 5. The lowest BCUT2D eigenvalue weighted by Gasteiger charge is -2.32. The molecule has 0 atom stereocenters. The third-order valence-corrected chi connectivity index (χ3v) is 6.90. The lowest BCUT2D eigenvalue weighted by Crippen LogP contribution is -2.41. The van der Waals surface area contributed by atoms with Crippen molar-refractivity contribution in [2.75, 3.05) is 5.32 Å². The van der Waals surface area contributed by atoms with Gasteiger partial charge in [-0.05, 0) is 94.5 Å². The number of ether oxygens (including phenoxy) is 1. The topological polar surface area (TPSA) is 102 Å². The molecular formula is C28H28BN5O3. The van der Waals surface area contributed by atoms with E-state index >= 15 is 0 Å². The molecule has 0 aliphatic carbocycles. The van der Waals surface area contributed by atoms with Crippen molar-refractivity contribution < 1.29 is 14.0 Å². The van der Waals surface area contributed by atoms with Gasteiger partial charge in [-0.15, -0.1) is 0 Å². The molecule has 1 fully saturated rings. The first-order valence-electron chi connectivity index (χ1n) is 12.1. The molecule has 0 bridgehead atoms. The maximum Gasteiger partial charge on any atom is 0.494 e. The van der Waals surface area contributed by atoms with E-state index in [1.54, 1.807) is 18.3 Å². The van der Waals surface area contributed by atoms with E-state index in [0.29, 0.717) is 34.2 Å². The van der Waals surface area contributed by atoms with Crippen molar-refractivity contribution in [3.8, 4) is 17.7 Å². The summed E-state index contributed by atoms with van der Waals surface area (Å²) in [5, 5.41) is 12.5. The van der Waals surface area contributed by atoms with E-state index in [9.17, 15) is 5.26 Å². The van der Waals surface area contributed by atoms with Crippen LogP contribution in [0.15, 0.2) is 54.7 Å². The fourth-order valence-electron chi connectivity index (χ4n) is 4.17. The van der Waals surface area contributed by atoms with Crippen molar-refractivity contribution in [3.05, 3.63) is 71.4 Å². The molecule has 1 aliphatic rings. The van der Waals surface area contributed by atoms with E-state index in [2.05, 4.69) is 26.3 Å². The summed E-state index contributed by atoms with van der Waals surface area (Å²) in [6.45, 7) is 12.0. The maximum absolute atomic E-state index is 9.27. The number of benzene rings is 2. The average molecular weight is 493 g/mol. The van der Waals surface area contributed by atoms with Crippen LogP contribution in [0.4, 0.5) is 11.6 Å². The highest BCUT2D eigenvalue weighted by molar-refractivity contribution is 6.62. The van der Waals surface area contributed by atoms with Crippen LogP contribution >= 0.6 is 0 Å². The highest BCUT2D eigenvalue weighted by Gasteiger charge is 2.51. The Morgan fingerprint density at radius 3 is 2.22 bits per heavy atom. The quantitative estimate of drug-likeness (QED) is 0.372. The van der Waals surface area contributed by atoms with Crippen LogP contribution in [-0.4, -0.2) is 33.3 Å². The fraction of sp³-hybridized carbons (Fsp3) is 0.286. The summed E-state index contributed by atoms with van der Waals surface area (Å²) in [7, 11) is -0.430. The Balaban J connectivity index is 1.43. The molecule has 4 aromatic rings. The van der Waals surface area contributed by atoms with Crippen LogP contribution in [0.1, 0.15) is 44.4 Å². The van der Waals surface area contributed by atoms with Crippen LogP contribution in [0.5, 0.6) is 11.6 Å². The number of nitriles is 1. The van der Waals surface area contributed by atoms with E-state index in [4.69, 9.17) is 14.0 Å². The lowest BCUT2D eigenvalue weighted by molar-refractivity contribution is 0.00578. The van der Waals surface area contributed by atoms with Gasteiger partial charge in [-0.1, -0.05) is 12.1 Å². The molecule has 0 amide bonds. The first kappa shape index (κ1) is 24.7. The average Bonchev–Trinajstić information content (AvgIpc) is 3.08. The molecule has 8 nitrogen and oxygen atoms in total. The second-order valence-electron chi connectivity index (χ2n) is 10.2. The molecule has 0 saturated carbocycles. The van der Waals surface area contributed by atoms with E-state index in [0.717, 1.165) is 22.3 Å². The molecule has 1 saturated heterocycles. The van der Waals surface area contributed by atoms with Crippen LogP contribution in [0.3, 0.4) is 0 Å². The number of hydrogen-bond donors (Lipinski definition) is 1. The monoisotopic (exact) mass is 493 g/mol. The summed E-state index contributed by atoms with van der Waals surface area (Å²) >= 11 is 0. The number of aryl methyl sites for hydroxylation is 2. The minimum Gasteiger partial charge on any atom is -0.436 e. The Morgan fingerprint density at radius 2 is 1.59 bits per heavy atom. The summed E-state index contributed by atoms with van der Waals surface area (Å²) in [5.74, 6) is 1.35. The van der Waals surface area contributed by atoms with E-state index in [1.807, 2.05) is 77.9 Å². The highest BCUT2D eigenvalue weighted by atomic mass is 16.7. The number of aromatic nitrogens is 3. The number of nitrogens with one attached hydrogen (secondary N) is 1. The van der Waals surface area contributed by atoms with Gasteiger partial charge in [0.15, 0.2) is 5.52 Å².